The maximum atomic E-state index is 5.78. The van der Waals surface area contributed by atoms with Crippen LogP contribution in [0.15, 0.2) is 48.5 Å². The van der Waals surface area contributed by atoms with E-state index in [-0.39, 0.29) is 0 Å². The molecular weight excluding hydrogens is 310 g/mol. The maximum absolute atomic E-state index is 5.78. The molecule has 0 aliphatic heterocycles. The summed E-state index contributed by atoms with van der Waals surface area (Å²) in [7, 11) is 0. The van der Waals surface area contributed by atoms with Crippen molar-refractivity contribution in [1.82, 2.24) is 0 Å². The first-order valence-corrected chi connectivity index (χ1v) is 9.50. The van der Waals surface area contributed by atoms with E-state index in [1.165, 1.54) is 24.8 Å². The molecule has 3 nitrogen and oxygen atoms in total. The molecule has 1 N–H and O–H groups in total. The zero-order chi connectivity index (χ0) is 17.7. The minimum Gasteiger partial charge on any atom is -0.494 e. The van der Waals surface area contributed by atoms with Crippen molar-refractivity contribution < 1.29 is 9.47 Å². The summed E-state index contributed by atoms with van der Waals surface area (Å²) in [5.41, 5.74) is 2.34. The summed E-state index contributed by atoms with van der Waals surface area (Å²) >= 11 is 0. The van der Waals surface area contributed by atoms with Gasteiger partial charge in [0.15, 0.2) is 0 Å². The highest BCUT2D eigenvalue weighted by Crippen LogP contribution is 2.18. The van der Waals surface area contributed by atoms with Gasteiger partial charge < -0.3 is 14.8 Å². The number of unbranched alkanes of at least 4 members (excludes halogenated alkanes) is 3. The Morgan fingerprint density at radius 1 is 0.680 bits per heavy atom. The van der Waals surface area contributed by atoms with Gasteiger partial charge in [-0.3, -0.25) is 0 Å². The second-order valence-electron chi connectivity index (χ2n) is 6.28. The summed E-state index contributed by atoms with van der Waals surface area (Å²) < 4.78 is 11.4. The molecule has 0 amide bonds. The van der Waals surface area contributed by atoms with Crippen LogP contribution < -0.4 is 14.8 Å². The van der Waals surface area contributed by atoms with Crippen molar-refractivity contribution in [2.24, 2.45) is 0 Å². The van der Waals surface area contributed by atoms with E-state index in [0.29, 0.717) is 0 Å². The highest BCUT2D eigenvalue weighted by Gasteiger charge is 1.98. The van der Waals surface area contributed by atoms with Gasteiger partial charge in [0.1, 0.15) is 11.5 Å². The Balaban J connectivity index is 1.71. The van der Waals surface area contributed by atoms with E-state index in [0.717, 1.165) is 49.8 Å². The van der Waals surface area contributed by atoms with E-state index in [1.807, 2.05) is 12.1 Å². The predicted molar refractivity (Wildman–Crippen MR) is 106 cm³/mol. The molecule has 0 saturated carbocycles. The zero-order valence-electron chi connectivity index (χ0n) is 15.6. The van der Waals surface area contributed by atoms with Crippen LogP contribution in [0.5, 0.6) is 11.5 Å². The molecule has 136 valence electrons. The van der Waals surface area contributed by atoms with E-state index in [1.54, 1.807) is 0 Å². The first kappa shape index (κ1) is 19.2. The minimum absolute atomic E-state index is 0.764. The third-order valence-corrected chi connectivity index (χ3v) is 4.01. The average molecular weight is 341 g/mol. The number of ether oxygens (including phenoxy) is 2. The van der Waals surface area contributed by atoms with Crippen LogP contribution in [0.3, 0.4) is 0 Å². The topological polar surface area (TPSA) is 30.5 Å². The van der Waals surface area contributed by atoms with E-state index < -0.39 is 0 Å². The monoisotopic (exact) mass is 341 g/mol. The Morgan fingerprint density at radius 2 is 1.32 bits per heavy atom. The van der Waals surface area contributed by atoms with Crippen molar-refractivity contribution >= 4 is 5.69 Å². The van der Waals surface area contributed by atoms with Gasteiger partial charge in [0.05, 0.1) is 13.2 Å². The summed E-state index contributed by atoms with van der Waals surface area (Å²) in [4.78, 5) is 0. The van der Waals surface area contributed by atoms with E-state index in [2.05, 4.69) is 55.6 Å². The van der Waals surface area contributed by atoms with Gasteiger partial charge in [-0.1, -0.05) is 45.2 Å². The second-order valence-corrected chi connectivity index (χ2v) is 6.28. The van der Waals surface area contributed by atoms with Crippen molar-refractivity contribution in [3.8, 4) is 11.5 Å². The van der Waals surface area contributed by atoms with Crippen molar-refractivity contribution in [3.05, 3.63) is 54.1 Å². The molecule has 0 bridgehead atoms. The molecule has 25 heavy (non-hydrogen) atoms. The Kier molecular flexibility index (Phi) is 8.74. The van der Waals surface area contributed by atoms with Crippen molar-refractivity contribution in [3.63, 3.8) is 0 Å². The van der Waals surface area contributed by atoms with Crippen LogP contribution >= 0.6 is 0 Å². The van der Waals surface area contributed by atoms with Gasteiger partial charge in [-0.05, 0) is 54.8 Å². The lowest BCUT2D eigenvalue weighted by molar-refractivity contribution is 0.305. The van der Waals surface area contributed by atoms with Gasteiger partial charge in [0.2, 0.25) is 0 Å². The number of rotatable bonds is 12. The Morgan fingerprint density at radius 3 is 1.96 bits per heavy atom. The lowest BCUT2D eigenvalue weighted by Gasteiger charge is -2.10. The largest absolute Gasteiger partial charge is 0.494 e. The molecule has 0 saturated heterocycles. The van der Waals surface area contributed by atoms with Gasteiger partial charge >= 0.3 is 0 Å². The molecule has 0 aliphatic carbocycles. The van der Waals surface area contributed by atoms with Gasteiger partial charge in [-0.25, -0.2) is 0 Å². The van der Waals surface area contributed by atoms with Crippen molar-refractivity contribution in [2.45, 2.75) is 52.5 Å². The Hall–Kier alpha value is -2.16. The summed E-state index contributed by atoms with van der Waals surface area (Å²) in [5.74, 6) is 1.88. The van der Waals surface area contributed by atoms with Gasteiger partial charge in [-0.2, -0.15) is 0 Å². The van der Waals surface area contributed by atoms with Crippen LogP contribution in [-0.2, 0) is 6.54 Å². The second kappa shape index (κ2) is 11.4. The van der Waals surface area contributed by atoms with E-state index in [4.69, 9.17) is 9.47 Å². The number of hydrogen-bond donors (Lipinski definition) is 1. The van der Waals surface area contributed by atoms with Crippen LogP contribution in [0.4, 0.5) is 5.69 Å². The third kappa shape index (κ3) is 7.51. The molecule has 0 unspecified atom stereocenters. The van der Waals surface area contributed by atoms with Crippen LogP contribution in [-0.4, -0.2) is 13.2 Å². The molecule has 2 aromatic rings. The summed E-state index contributed by atoms with van der Waals surface area (Å²) in [6, 6.07) is 16.5. The summed E-state index contributed by atoms with van der Waals surface area (Å²) in [5, 5.41) is 3.43. The number of nitrogens with one attached hydrogen (secondary N) is 1. The minimum atomic E-state index is 0.764. The van der Waals surface area contributed by atoms with E-state index >= 15 is 0 Å². The van der Waals surface area contributed by atoms with Crippen LogP contribution in [0.2, 0.25) is 0 Å². The smallest absolute Gasteiger partial charge is 0.119 e. The van der Waals surface area contributed by atoms with Crippen LogP contribution in [0.25, 0.3) is 0 Å². The molecule has 0 heterocycles. The molecule has 0 radical (unpaired) electrons. The Labute approximate surface area is 152 Å². The van der Waals surface area contributed by atoms with Crippen molar-refractivity contribution in [2.75, 3.05) is 18.5 Å². The Bertz CT molecular complexity index is 578. The highest BCUT2D eigenvalue weighted by atomic mass is 16.5. The first-order chi connectivity index (χ1) is 12.3. The fraction of sp³-hybridized carbons (Fsp3) is 0.455. The third-order valence-electron chi connectivity index (χ3n) is 4.01. The molecular formula is C22H31NO2. The standard InChI is InChI=1S/C22H31NO2/c1-3-5-6-7-17-25-21-12-8-19(9-13-21)18-23-20-10-14-22(15-11-20)24-16-4-2/h8-15,23H,3-7,16-18H2,1-2H3. The highest BCUT2D eigenvalue weighted by molar-refractivity contribution is 5.47. The molecule has 0 atom stereocenters. The van der Waals surface area contributed by atoms with Crippen LogP contribution in [0.1, 0.15) is 51.5 Å². The molecule has 0 aromatic heterocycles. The number of hydrogen-bond acceptors (Lipinski definition) is 3. The normalized spacial score (nSPS) is 10.5. The summed E-state index contributed by atoms with van der Waals surface area (Å²) in [6.45, 7) is 6.71. The lowest BCUT2D eigenvalue weighted by Crippen LogP contribution is -2.01. The molecule has 0 aliphatic rings. The summed E-state index contributed by atoms with van der Waals surface area (Å²) in [6.07, 6.45) is 5.96. The predicted octanol–water partition coefficient (Wildman–Crippen LogP) is 6.05. The first-order valence-electron chi connectivity index (χ1n) is 9.50. The van der Waals surface area contributed by atoms with E-state index in [9.17, 15) is 0 Å². The number of anilines is 1. The van der Waals surface area contributed by atoms with Crippen LogP contribution in [0, 0.1) is 0 Å². The van der Waals surface area contributed by atoms with Gasteiger partial charge in [0, 0.05) is 12.2 Å². The zero-order valence-corrected chi connectivity index (χ0v) is 15.6. The fourth-order valence-corrected chi connectivity index (χ4v) is 2.52. The SMILES string of the molecule is CCCCCCOc1ccc(CNc2ccc(OCCC)cc2)cc1. The van der Waals surface area contributed by atoms with Gasteiger partial charge in [-0.15, -0.1) is 0 Å². The average Bonchev–Trinajstić information content (AvgIpc) is 2.66. The molecule has 2 rings (SSSR count). The lowest BCUT2D eigenvalue weighted by atomic mass is 10.2. The molecule has 0 fully saturated rings. The molecule has 2 aromatic carbocycles. The maximum Gasteiger partial charge on any atom is 0.119 e. The molecule has 0 spiro atoms. The quantitative estimate of drug-likeness (QED) is 0.477. The van der Waals surface area contributed by atoms with Crippen molar-refractivity contribution in [1.29, 1.82) is 0 Å². The van der Waals surface area contributed by atoms with Gasteiger partial charge in [0.25, 0.3) is 0 Å². The fourth-order valence-electron chi connectivity index (χ4n) is 2.52. The number of benzene rings is 2. The molecule has 3 heteroatoms.